The lowest BCUT2D eigenvalue weighted by Gasteiger charge is -2.16. The van der Waals surface area contributed by atoms with Gasteiger partial charge in [-0.05, 0) is 61.0 Å². The number of anilines is 3. The van der Waals surface area contributed by atoms with Crippen LogP contribution in [0.5, 0.6) is 5.75 Å². The van der Waals surface area contributed by atoms with Crippen molar-refractivity contribution in [2.45, 2.75) is 19.8 Å². The number of imide groups is 1. The third-order valence-corrected chi connectivity index (χ3v) is 6.19. The summed E-state index contributed by atoms with van der Waals surface area (Å²) in [4.78, 5) is 51.9. The average Bonchev–Trinajstić information content (AvgIpc) is 3.16. The Morgan fingerprint density at radius 2 is 1.64 bits per heavy atom. The van der Waals surface area contributed by atoms with Gasteiger partial charge in [0, 0.05) is 23.0 Å². The van der Waals surface area contributed by atoms with Crippen molar-refractivity contribution in [3.05, 3.63) is 94.7 Å². The van der Waals surface area contributed by atoms with Crippen LogP contribution in [0.15, 0.2) is 83.5 Å². The fourth-order valence-electron chi connectivity index (χ4n) is 3.76. The summed E-state index contributed by atoms with van der Waals surface area (Å²) in [6, 6.07) is 19.3. The second-order valence-corrected chi connectivity index (χ2v) is 8.94. The number of rotatable bonds is 10. The molecule has 0 unspecified atom stereocenters. The summed E-state index contributed by atoms with van der Waals surface area (Å²) in [6.45, 7) is 2.26. The summed E-state index contributed by atoms with van der Waals surface area (Å²) >= 11 is 6.24. The minimum atomic E-state index is -0.727. The van der Waals surface area contributed by atoms with Crippen LogP contribution in [0.3, 0.4) is 0 Å². The van der Waals surface area contributed by atoms with Gasteiger partial charge in [0.2, 0.25) is 0 Å². The first kappa shape index (κ1) is 27.4. The van der Waals surface area contributed by atoms with E-state index in [1.807, 2.05) is 6.92 Å². The SMILES string of the molecule is CCCCOC(=O)c1cccc(N2C(=O)C(Cl)=C(Nc3ccc(C(=O)Nc4cccc(OC)c4)cc3)C2=O)c1. The molecule has 0 saturated carbocycles. The third-order valence-electron chi connectivity index (χ3n) is 5.84. The van der Waals surface area contributed by atoms with Crippen molar-refractivity contribution in [3.63, 3.8) is 0 Å². The molecule has 1 aliphatic heterocycles. The molecule has 0 bridgehead atoms. The molecule has 0 aliphatic carbocycles. The lowest BCUT2D eigenvalue weighted by Crippen LogP contribution is -2.32. The molecule has 4 rings (SSSR count). The van der Waals surface area contributed by atoms with Gasteiger partial charge in [0.05, 0.1) is 25.0 Å². The fourth-order valence-corrected chi connectivity index (χ4v) is 3.98. The number of halogens is 1. The van der Waals surface area contributed by atoms with E-state index >= 15 is 0 Å². The molecule has 0 spiro atoms. The number of nitrogens with one attached hydrogen (secondary N) is 2. The number of hydrogen-bond acceptors (Lipinski definition) is 7. The van der Waals surface area contributed by atoms with Gasteiger partial charge in [0.1, 0.15) is 16.5 Å². The highest BCUT2D eigenvalue weighted by molar-refractivity contribution is 6.53. The summed E-state index contributed by atoms with van der Waals surface area (Å²) in [7, 11) is 1.54. The monoisotopic (exact) mass is 547 g/mol. The maximum absolute atomic E-state index is 13.2. The van der Waals surface area contributed by atoms with E-state index in [0.717, 1.165) is 17.7 Å². The first-order chi connectivity index (χ1) is 18.8. The number of carbonyl (C=O) groups excluding carboxylic acids is 4. The first-order valence-electron chi connectivity index (χ1n) is 12.2. The summed E-state index contributed by atoms with van der Waals surface area (Å²) in [5.74, 6) is -1.67. The van der Waals surface area contributed by atoms with Crippen molar-refractivity contribution in [3.8, 4) is 5.75 Å². The van der Waals surface area contributed by atoms with Gasteiger partial charge in [-0.3, -0.25) is 14.4 Å². The van der Waals surface area contributed by atoms with Gasteiger partial charge in [0.25, 0.3) is 17.7 Å². The second kappa shape index (κ2) is 12.3. The molecule has 200 valence electrons. The van der Waals surface area contributed by atoms with E-state index in [2.05, 4.69) is 10.6 Å². The zero-order valence-electron chi connectivity index (χ0n) is 21.3. The van der Waals surface area contributed by atoms with Crippen molar-refractivity contribution in [2.75, 3.05) is 29.3 Å². The molecule has 1 aliphatic rings. The number of nitrogens with zero attached hydrogens (tertiary/aromatic N) is 1. The number of hydrogen-bond donors (Lipinski definition) is 2. The molecule has 3 aromatic carbocycles. The quantitative estimate of drug-likeness (QED) is 0.200. The largest absolute Gasteiger partial charge is 0.497 e. The number of unbranched alkanes of at least 4 members (excludes halogenated alkanes) is 1. The molecule has 0 aromatic heterocycles. The Bertz CT molecular complexity index is 1450. The molecule has 3 amide bonds. The van der Waals surface area contributed by atoms with Crippen LogP contribution in [0, 0.1) is 0 Å². The Hall–Kier alpha value is -4.63. The molecule has 3 aromatic rings. The second-order valence-electron chi connectivity index (χ2n) is 8.56. The molecule has 1 heterocycles. The molecule has 9 nitrogen and oxygen atoms in total. The van der Waals surface area contributed by atoms with Crippen molar-refractivity contribution in [2.24, 2.45) is 0 Å². The minimum Gasteiger partial charge on any atom is -0.497 e. The summed E-state index contributed by atoms with van der Waals surface area (Å²) < 4.78 is 10.4. The van der Waals surface area contributed by atoms with Crippen LogP contribution < -0.4 is 20.3 Å². The lowest BCUT2D eigenvalue weighted by molar-refractivity contribution is -0.120. The van der Waals surface area contributed by atoms with Crippen molar-refractivity contribution >= 4 is 52.4 Å². The average molecular weight is 548 g/mol. The van der Waals surface area contributed by atoms with Gasteiger partial charge in [-0.25, -0.2) is 9.69 Å². The molecule has 10 heteroatoms. The summed E-state index contributed by atoms with van der Waals surface area (Å²) in [5.41, 5.74) is 1.68. The highest BCUT2D eigenvalue weighted by Crippen LogP contribution is 2.31. The van der Waals surface area contributed by atoms with Gasteiger partial charge in [0.15, 0.2) is 0 Å². The van der Waals surface area contributed by atoms with E-state index in [4.69, 9.17) is 21.1 Å². The third kappa shape index (κ3) is 6.27. The molecule has 0 atom stereocenters. The van der Waals surface area contributed by atoms with Gasteiger partial charge < -0.3 is 20.1 Å². The van der Waals surface area contributed by atoms with Crippen LogP contribution in [0.25, 0.3) is 0 Å². The number of amides is 3. The molecule has 0 fully saturated rings. The Morgan fingerprint density at radius 3 is 2.36 bits per heavy atom. The zero-order chi connectivity index (χ0) is 27.9. The van der Waals surface area contributed by atoms with Gasteiger partial charge in [-0.15, -0.1) is 0 Å². The highest BCUT2D eigenvalue weighted by Gasteiger charge is 2.39. The minimum absolute atomic E-state index is 0.119. The normalized spacial score (nSPS) is 12.9. The van der Waals surface area contributed by atoms with Crippen LogP contribution in [0.1, 0.15) is 40.5 Å². The van der Waals surface area contributed by atoms with Crippen LogP contribution in [0.2, 0.25) is 0 Å². The number of ether oxygens (including phenoxy) is 2. The van der Waals surface area contributed by atoms with E-state index in [1.54, 1.807) is 67.8 Å². The maximum atomic E-state index is 13.2. The van der Waals surface area contributed by atoms with Crippen LogP contribution >= 0.6 is 11.6 Å². The lowest BCUT2D eigenvalue weighted by atomic mass is 10.1. The van der Waals surface area contributed by atoms with E-state index < -0.39 is 17.8 Å². The van der Waals surface area contributed by atoms with Crippen molar-refractivity contribution in [1.29, 1.82) is 0 Å². The Balaban J connectivity index is 1.45. The topological polar surface area (TPSA) is 114 Å². The van der Waals surface area contributed by atoms with Gasteiger partial charge in [-0.1, -0.05) is 37.1 Å². The number of esters is 1. The van der Waals surface area contributed by atoms with Gasteiger partial charge in [-0.2, -0.15) is 0 Å². The van der Waals surface area contributed by atoms with E-state index in [-0.39, 0.29) is 34.5 Å². The molecule has 39 heavy (non-hydrogen) atoms. The zero-order valence-corrected chi connectivity index (χ0v) is 22.1. The Morgan fingerprint density at radius 1 is 0.897 bits per heavy atom. The predicted octanol–water partition coefficient (Wildman–Crippen LogP) is 5.34. The number of methoxy groups -OCH3 is 1. The molecular formula is C29H26ClN3O6. The smallest absolute Gasteiger partial charge is 0.338 e. The van der Waals surface area contributed by atoms with Crippen LogP contribution in [-0.4, -0.2) is 37.4 Å². The molecule has 0 radical (unpaired) electrons. The predicted molar refractivity (Wildman–Crippen MR) is 148 cm³/mol. The van der Waals surface area contributed by atoms with E-state index in [0.29, 0.717) is 22.7 Å². The maximum Gasteiger partial charge on any atom is 0.338 e. The van der Waals surface area contributed by atoms with Crippen LogP contribution in [0.4, 0.5) is 17.1 Å². The molecule has 0 saturated heterocycles. The standard InChI is InChI=1S/C29H26ClN3O6/c1-3-4-15-39-29(37)19-7-5-9-22(16-19)33-27(35)24(30)25(28(33)36)31-20-13-11-18(12-14-20)26(34)32-21-8-6-10-23(17-21)38-2/h5-14,16-17,31H,3-4,15H2,1-2H3,(H,32,34). The summed E-state index contributed by atoms with van der Waals surface area (Å²) in [6.07, 6.45) is 1.61. The van der Waals surface area contributed by atoms with Crippen molar-refractivity contribution in [1.82, 2.24) is 0 Å². The van der Waals surface area contributed by atoms with E-state index in [9.17, 15) is 19.2 Å². The fraction of sp³-hybridized carbons (Fsp3) is 0.172. The summed E-state index contributed by atoms with van der Waals surface area (Å²) in [5, 5.41) is 5.36. The first-order valence-corrected chi connectivity index (χ1v) is 12.6. The Kier molecular flexibility index (Phi) is 8.63. The highest BCUT2D eigenvalue weighted by atomic mass is 35.5. The van der Waals surface area contributed by atoms with Crippen LogP contribution in [-0.2, 0) is 14.3 Å². The van der Waals surface area contributed by atoms with Gasteiger partial charge >= 0.3 is 5.97 Å². The Labute approximate surface area is 230 Å². The number of benzene rings is 3. The molecule has 2 N–H and O–H groups in total. The number of carbonyl (C=O) groups is 4. The molecular weight excluding hydrogens is 522 g/mol. The van der Waals surface area contributed by atoms with Crippen molar-refractivity contribution < 1.29 is 28.7 Å². The van der Waals surface area contributed by atoms with E-state index in [1.165, 1.54) is 12.1 Å².